The Labute approximate surface area is 132 Å². The van der Waals surface area contributed by atoms with Crippen molar-refractivity contribution in [3.8, 4) is 0 Å². The number of Topliss-reactive ketones (excluding diaryl/α,β-unsaturated/α-hetero) is 1. The Bertz CT molecular complexity index is 477. The maximum absolute atomic E-state index is 12.9. The molecule has 1 saturated heterocycles. The Morgan fingerprint density at radius 2 is 2.14 bits per heavy atom. The van der Waals surface area contributed by atoms with Crippen molar-refractivity contribution < 1.29 is 23.8 Å². The number of rotatable bonds is 6. The first kappa shape index (κ1) is 18.6. The van der Waals surface area contributed by atoms with Crippen LogP contribution in [0.1, 0.15) is 40.0 Å². The van der Waals surface area contributed by atoms with Crippen LogP contribution in [0, 0.1) is 5.41 Å². The van der Waals surface area contributed by atoms with Crippen molar-refractivity contribution in [3.05, 3.63) is 24.3 Å². The predicted molar refractivity (Wildman–Crippen MR) is 83.2 cm³/mol. The summed E-state index contributed by atoms with van der Waals surface area (Å²) in [7, 11) is 2.74. The molecule has 0 saturated carbocycles. The van der Waals surface area contributed by atoms with E-state index in [1.54, 1.807) is 6.08 Å². The minimum Gasteiger partial charge on any atom is -0.466 e. The molecule has 124 valence electrons. The second-order valence-electron chi connectivity index (χ2n) is 6.05. The molecule has 0 spiro atoms. The van der Waals surface area contributed by atoms with E-state index in [1.165, 1.54) is 20.3 Å². The van der Waals surface area contributed by atoms with Crippen LogP contribution in [0.2, 0.25) is 0 Å². The van der Waals surface area contributed by atoms with E-state index in [-0.39, 0.29) is 11.9 Å². The van der Waals surface area contributed by atoms with Crippen LogP contribution in [0.25, 0.3) is 0 Å². The van der Waals surface area contributed by atoms with E-state index < -0.39 is 17.2 Å². The van der Waals surface area contributed by atoms with Crippen LogP contribution in [0.3, 0.4) is 0 Å². The number of esters is 1. The van der Waals surface area contributed by atoms with Crippen LogP contribution in [0.5, 0.6) is 0 Å². The van der Waals surface area contributed by atoms with E-state index in [0.29, 0.717) is 24.8 Å². The SMILES string of the molecule is C=CC[C@@H]1C/C(=C\C(=O)OC)C(=O)[C@](OC)(C(C)(C)CC)O1. The Morgan fingerprint density at radius 1 is 1.50 bits per heavy atom. The van der Waals surface area contributed by atoms with Crippen LogP contribution in [-0.2, 0) is 23.8 Å². The van der Waals surface area contributed by atoms with Gasteiger partial charge in [0.2, 0.25) is 11.6 Å². The Balaban J connectivity index is 3.35. The molecule has 0 radical (unpaired) electrons. The Morgan fingerprint density at radius 3 is 2.59 bits per heavy atom. The van der Waals surface area contributed by atoms with Crippen molar-refractivity contribution in [2.75, 3.05) is 14.2 Å². The van der Waals surface area contributed by atoms with Gasteiger partial charge in [-0.25, -0.2) is 4.79 Å². The molecule has 1 aliphatic rings. The summed E-state index contributed by atoms with van der Waals surface area (Å²) in [6, 6.07) is 0. The second-order valence-corrected chi connectivity index (χ2v) is 6.05. The van der Waals surface area contributed by atoms with Crippen molar-refractivity contribution in [2.45, 2.75) is 51.9 Å². The summed E-state index contributed by atoms with van der Waals surface area (Å²) < 4.78 is 16.3. The third-order valence-corrected chi connectivity index (χ3v) is 4.36. The number of ketones is 1. The van der Waals surface area contributed by atoms with Gasteiger partial charge in [0.05, 0.1) is 13.2 Å². The molecule has 1 aliphatic heterocycles. The molecule has 0 N–H and O–H groups in total. The standard InChI is InChI=1S/C17H26O5/c1-7-9-13-10-12(11-14(18)20-5)15(19)17(21-6,22-13)16(3,4)8-2/h7,11,13H,1,8-10H2,2-6H3/b12-11+/t13-,17-/m1/s1. The first-order valence-corrected chi connectivity index (χ1v) is 7.45. The molecule has 0 bridgehead atoms. The minimum absolute atomic E-state index is 0.267. The van der Waals surface area contributed by atoms with E-state index in [0.717, 1.165) is 0 Å². The van der Waals surface area contributed by atoms with E-state index in [1.807, 2.05) is 20.8 Å². The molecule has 1 fully saturated rings. The quantitative estimate of drug-likeness (QED) is 0.429. The lowest BCUT2D eigenvalue weighted by atomic mass is 9.74. The highest BCUT2D eigenvalue weighted by atomic mass is 16.7. The molecule has 5 heteroatoms. The summed E-state index contributed by atoms with van der Waals surface area (Å²) in [5.74, 6) is -2.28. The first-order valence-electron chi connectivity index (χ1n) is 7.45. The van der Waals surface area contributed by atoms with Gasteiger partial charge in [-0.15, -0.1) is 6.58 Å². The van der Waals surface area contributed by atoms with Crippen LogP contribution < -0.4 is 0 Å². The lowest BCUT2D eigenvalue weighted by Gasteiger charge is -2.48. The zero-order valence-electron chi connectivity index (χ0n) is 14.1. The van der Waals surface area contributed by atoms with Crippen molar-refractivity contribution in [1.82, 2.24) is 0 Å². The minimum atomic E-state index is -1.41. The Kier molecular flexibility index (Phi) is 6.08. The van der Waals surface area contributed by atoms with Crippen LogP contribution in [0.15, 0.2) is 24.3 Å². The van der Waals surface area contributed by atoms with Gasteiger partial charge in [0.15, 0.2) is 0 Å². The molecule has 22 heavy (non-hydrogen) atoms. The van der Waals surface area contributed by atoms with Gasteiger partial charge in [0.1, 0.15) is 0 Å². The molecule has 2 atom stereocenters. The highest BCUT2D eigenvalue weighted by Crippen LogP contribution is 2.45. The molecule has 0 aromatic rings. The summed E-state index contributed by atoms with van der Waals surface area (Å²) in [6.07, 6.45) is 4.29. The lowest BCUT2D eigenvalue weighted by molar-refractivity contribution is -0.285. The molecule has 0 amide bonds. The van der Waals surface area contributed by atoms with Crippen molar-refractivity contribution in [3.63, 3.8) is 0 Å². The molecular weight excluding hydrogens is 284 g/mol. The molecule has 0 aliphatic carbocycles. The average Bonchev–Trinajstić information content (AvgIpc) is 2.50. The van der Waals surface area contributed by atoms with E-state index in [2.05, 4.69) is 11.3 Å². The predicted octanol–water partition coefficient (Wildman–Crippen LogP) is 2.80. The largest absolute Gasteiger partial charge is 0.466 e. The van der Waals surface area contributed by atoms with Gasteiger partial charge in [-0.1, -0.05) is 26.8 Å². The number of carbonyl (C=O) groups excluding carboxylic acids is 2. The van der Waals surface area contributed by atoms with Gasteiger partial charge in [-0.2, -0.15) is 0 Å². The molecule has 0 unspecified atom stereocenters. The fourth-order valence-electron chi connectivity index (χ4n) is 2.64. The monoisotopic (exact) mass is 310 g/mol. The number of hydrogen-bond donors (Lipinski definition) is 0. The van der Waals surface area contributed by atoms with Crippen molar-refractivity contribution in [1.29, 1.82) is 0 Å². The van der Waals surface area contributed by atoms with Crippen LogP contribution >= 0.6 is 0 Å². The zero-order valence-corrected chi connectivity index (χ0v) is 14.1. The highest BCUT2D eigenvalue weighted by Gasteiger charge is 2.56. The molecule has 0 aromatic carbocycles. The van der Waals surface area contributed by atoms with Crippen molar-refractivity contribution >= 4 is 11.8 Å². The molecule has 0 aromatic heterocycles. The first-order chi connectivity index (χ1) is 10.3. The van der Waals surface area contributed by atoms with Gasteiger partial charge in [0.25, 0.3) is 0 Å². The third-order valence-electron chi connectivity index (χ3n) is 4.36. The topological polar surface area (TPSA) is 61.8 Å². The molecule has 1 heterocycles. The number of hydrogen-bond acceptors (Lipinski definition) is 5. The fraction of sp³-hybridized carbons (Fsp3) is 0.647. The van der Waals surface area contributed by atoms with Crippen LogP contribution in [-0.4, -0.2) is 37.9 Å². The number of ether oxygens (including phenoxy) is 3. The number of carbonyl (C=O) groups is 2. The van der Waals surface area contributed by atoms with E-state index in [4.69, 9.17) is 9.47 Å². The summed E-state index contributed by atoms with van der Waals surface area (Å²) >= 11 is 0. The van der Waals surface area contributed by atoms with Crippen molar-refractivity contribution in [2.24, 2.45) is 5.41 Å². The summed E-state index contributed by atoms with van der Waals surface area (Å²) in [5, 5.41) is 0. The summed E-state index contributed by atoms with van der Waals surface area (Å²) in [5.41, 5.74) is -0.179. The fourth-order valence-corrected chi connectivity index (χ4v) is 2.64. The van der Waals surface area contributed by atoms with Crippen LogP contribution in [0.4, 0.5) is 0 Å². The van der Waals surface area contributed by atoms with E-state index in [9.17, 15) is 9.59 Å². The van der Waals surface area contributed by atoms with Gasteiger partial charge in [0, 0.05) is 30.6 Å². The maximum Gasteiger partial charge on any atom is 0.330 e. The summed E-state index contributed by atoms with van der Waals surface area (Å²) in [6.45, 7) is 9.52. The van der Waals surface area contributed by atoms with Gasteiger partial charge >= 0.3 is 5.97 Å². The van der Waals surface area contributed by atoms with Gasteiger partial charge in [-0.05, 0) is 12.8 Å². The normalized spacial score (nSPS) is 27.8. The summed E-state index contributed by atoms with van der Waals surface area (Å²) in [4.78, 5) is 24.5. The highest BCUT2D eigenvalue weighted by molar-refractivity contribution is 6.05. The maximum atomic E-state index is 12.9. The molecule has 5 nitrogen and oxygen atoms in total. The molecular formula is C17H26O5. The smallest absolute Gasteiger partial charge is 0.330 e. The van der Waals surface area contributed by atoms with E-state index >= 15 is 0 Å². The second kappa shape index (κ2) is 7.20. The number of methoxy groups -OCH3 is 2. The lowest BCUT2D eigenvalue weighted by Crippen LogP contribution is -2.59. The average molecular weight is 310 g/mol. The zero-order chi connectivity index (χ0) is 17.0. The van der Waals surface area contributed by atoms with Gasteiger partial charge in [-0.3, -0.25) is 4.79 Å². The molecule has 1 rings (SSSR count). The Hall–Kier alpha value is -1.46. The third kappa shape index (κ3) is 3.31. The van der Waals surface area contributed by atoms with Gasteiger partial charge < -0.3 is 14.2 Å².